The lowest BCUT2D eigenvalue weighted by atomic mass is 10.3. The molecule has 2 aromatic rings. The van der Waals surface area contributed by atoms with Crippen molar-refractivity contribution in [1.82, 2.24) is 0 Å². The zero-order chi connectivity index (χ0) is 13.5. The number of nitrogens with two attached hydrogens (primary N) is 1. The molecule has 108 valence electrons. The van der Waals surface area contributed by atoms with E-state index in [0.29, 0.717) is 24.0 Å². The number of hydrogen-bond acceptors (Lipinski definition) is 4. The predicted molar refractivity (Wildman–Crippen MR) is 83.9 cm³/mol. The highest BCUT2D eigenvalue weighted by atomic mass is 35.5. The number of halogens is 2. The molecular formula is C14H16Cl2N2O2. The highest BCUT2D eigenvalue weighted by Crippen LogP contribution is 2.23. The summed E-state index contributed by atoms with van der Waals surface area (Å²) in [6, 6.07) is 14.7. The van der Waals surface area contributed by atoms with Crippen LogP contribution in [-0.2, 0) is 0 Å². The highest BCUT2D eigenvalue weighted by Gasteiger charge is 1.99. The van der Waals surface area contributed by atoms with Crippen molar-refractivity contribution in [3.8, 4) is 11.5 Å². The molecule has 20 heavy (non-hydrogen) atoms. The van der Waals surface area contributed by atoms with Crippen LogP contribution in [0.1, 0.15) is 0 Å². The Kier molecular flexibility index (Phi) is 7.01. The number of nitrogen functional groups attached to an aromatic ring is 1. The molecule has 3 N–H and O–H groups in total. The first kappa shape index (κ1) is 16.4. The summed E-state index contributed by atoms with van der Waals surface area (Å²) in [5.41, 5.74) is 3.39. The summed E-state index contributed by atoms with van der Waals surface area (Å²) < 4.78 is 11.0. The van der Waals surface area contributed by atoms with Gasteiger partial charge in [-0.3, -0.25) is 5.84 Å². The summed E-state index contributed by atoms with van der Waals surface area (Å²) in [6.45, 7) is 0.876. The van der Waals surface area contributed by atoms with E-state index in [1.165, 1.54) is 0 Å². The smallest absolute Gasteiger partial charge is 0.138 e. The van der Waals surface area contributed by atoms with E-state index in [0.717, 1.165) is 11.4 Å². The average molecular weight is 315 g/mol. The molecule has 4 nitrogen and oxygen atoms in total. The molecule has 0 bridgehead atoms. The van der Waals surface area contributed by atoms with Crippen molar-refractivity contribution in [2.45, 2.75) is 0 Å². The van der Waals surface area contributed by atoms with Gasteiger partial charge >= 0.3 is 0 Å². The van der Waals surface area contributed by atoms with Crippen LogP contribution in [-0.4, -0.2) is 13.2 Å². The van der Waals surface area contributed by atoms with Crippen molar-refractivity contribution in [2.24, 2.45) is 5.84 Å². The molecule has 0 aliphatic heterocycles. The van der Waals surface area contributed by atoms with Crippen LogP contribution in [0.5, 0.6) is 11.5 Å². The Morgan fingerprint density at radius 2 is 1.60 bits per heavy atom. The summed E-state index contributed by atoms with van der Waals surface area (Å²) in [5, 5.41) is 0.598. The van der Waals surface area contributed by atoms with Gasteiger partial charge in [0.15, 0.2) is 0 Å². The molecule has 0 fully saturated rings. The van der Waals surface area contributed by atoms with Gasteiger partial charge in [0.05, 0.1) is 5.02 Å². The Morgan fingerprint density at radius 3 is 2.25 bits per heavy atom. The van der Waals surface area contributed by atoms with Crippen LogP contribution in [0.25, 0.3) is 0 Å². The van der Waals surface area contributed by atoms with Crippen molar-refractivity contribution in [3.63, 3.8) is 0 Å². The van der Waals surface area contributed by atoms with Gasteiger partial charge in [0.1, 0.15) is 24.7 Å². The van der Waals surface area contributed by atoms with Crippen LogP contribution in [0, 0.1) is 0 Å². The quantitative estimate of drug-likeness (QED) is 0.487. The van der Waals surface area contributed by atoms with Crippen molar-refractivity contribution in [1.29, 1.82) is 0 Å². The Morgan fingerprint density at radius 1 is 0.950 bits per heavy atom. The fraction of sp³-hybridized carbons (Fsp3) is 0.143. The van der Waals surface area contributed by atoms with Gasteiger partial charge in [-0.2, -0.15) is 0 Å². The fourth-order valence-corrected chi connectivity index (χ4v) is 1.71. The molecule has 6 heteroatoms. The van der Waals surface area contributed by atoms with Crippen LogP contribution in [0.2, 0.25) is 5.02 Å². The third kappa shape index (κ3) is 4.81. The zero-order valence-corrected chi connectivity index (χ0v) is 12.3. The van der Waals surface area contributed by atoms with E-state index in [1.807, 2.05) is 42.5 Å². The van der Waals surface area contributed by atoms with Crippen molar-refractivity contribution >= 4 is 29.7 Å². The number of ether oxygens (including phenoxy) is 2. The Balaban J connectivity index is 0.00000200. The number of nitrogens with one attached hydrogen (secondary N) is 1. The van der Waals surface area contributed by atoms with E-state index in [4.69, 9.17) is 26.9 Å². The fourth-order valence-electron chi connectivity index (χ4n) is 1.52. The van der Waals surface area contributed by atoms with E-state index in [1.54, 1.807) is 6.07 Å². The second-order valence-electron chi connectivity index (χ2n) is 3.80. The molecule has 0 aromatic heterocycles. The van der Waals surface area contributed by atoms with Gasteiger partial charge in [-0.05, 0) is 36.4 Å². The predicted octanol–water partition coefficient (Wildman–Crippen LogP) is 3.51. The maximum Gasteiger partial charge on any atom is 0.138 e. The molecule has 0 saturated carbocycles. The lowest BCUT2D eigenvalue weighted by Gasteiger charge is -2.09. The monoisotopic (exact) mass is 314 g/mol. The van der Waals surface area contributed by atoms with Gasteiger partial charge in [-0.25, -0.2) is 0 Å². The molecular weight excluding hydrogens is 299 g/mol. The normalized spacial score (nSPS) is 9.50. The van der Waals surface area contributed by atoms with Crippen LogP contribution < -0.4 is 20.7 Å². The summed E-state index contributed by atoms with van der Waals surface area (Å²) in [7, 11) is 0. The first-order valence-electron chi connectivity index (χ1n) is 5.86. The van der Waals surface area contributed by atoms with Crippen LogP contribution in [0.4, 0.5) is 5.69 Å². The highest BCUT2D eigenvalue weighted by molar-refractivity contribution is 6.32. The van der Waals surface area contributed by atoms with Gasteiger partial charge in [-0.15, -0.1) is 12.4 Å². The minimum Gasteiger partial charge on any atom is -0.490 e. The largest absolute Gasteiger partial charge is 0.490 e. The third-order valence-electron chi connectivity index (χ3n) is 2.47. The van der Waals surface area contributed by atoms with Crippen molar-refractivity contribution in [3.05, 3.63) is 53.6 Å². The van der Waals surface area contributed by atoms with E-state index in [2.05, 4.69) is 5.43 Å². The molecule has 0 amide bonds. The third-order valence-corrected chi connectivity index (χ3v) is 2.78. The maximum atomic E-state index is 5.97. The summed E-state index contributed by atoms with van der Waals surface area (Å²) in [4.78, 5) is 0. The topological polar surface area (TPSA) is 56.5 Å². The number of hydrogen-bond donors (Lipinski definition) is 2. The van der Waals surface area contributed by atoms with Crippen LogP contribution >= 0.6 is 24.0 Å². The molecule has 2 aromatic carbocycles. The van der Waals surface area contributed by atoms with Gasteiger partial charge in [0.2, 0.25) is 0 Å². The summed E-state index contributed by atoms with van der Waals surface area (Å²) in [5.74, 6) is 6.70. The molecule has 0 aliphatic rings. The Bertz CT molecular complexity index is 521. The summed E-state index contributed by atoms with van der Waals surface area (Å²) >= 11 is 5.97. The lowest BCUT2D eigenvalue weighted by molar-refractivity contribution is 0.217. The second-order valence-corrected chi connectivity index (χ2v) is 4.20. The Labute approximate surface area is 129 Å². The van der Waals surface area contributed by atoms with Crippen molar-refractivity contribution in [2.75, 3.05) is 18.6 Å². The van der Waals surface area contributed by atoms with Gasteiger partial charge in [0.25, 0.3) is 0 Å². The molecule has 0 unspecified atom stereocenters. The van der Waals surface area contributed by atoms with Gasteiger partial charge < -0.3 is 14.9 Å². The average Bonchev–Trinajstić information content (AvgIpc) is 2.46. The maximum absolute atomic E-state index is 5.97. The van der Waals surface area contributed by atoms with E-state index in [-0.39, 0.29) is 12.4 Å². The molecule has 0 heterocycles. The number of anilines is 1. The van der Waals surface area contributed by atoms with E-state index >= 15 is 0 Å². The minimum atomic E-state index is 0. The first-order chi connectivity index (χ1) is 9.29. The van der Waals surface area contributed by atoms with Crippen LogP contribution in [0.15, 0.2) is 48.5 Å². The molecule has 2 rings (SSSR count). The minimum absolute atomic E-state index is 0. The van der Waals surface area contributed by atoms with E-state index < -0.39 is 0 Å². The number of para-hydroxylation sites is 1. The molecule has 0 radical (unpaired) electrons. The Hall–Kier alpha value is -1.62. The lowest BCUT2D eigenvalue weighted by Crippen LogP contribution is -2.09. The number of rotatable bonds is 6. The first-order valence-corrected chi connectivity index (χ1v) is 6.24. The van der Waals surface area contributed by atoms with E-state index in [9.17, 15) is 0 Å². The molecule has 0 atom stereocenters. The number of hydrazine groups is 1. The molecule has 0 aliphatic carbocycles. The molecule has 0 spiro atoms. The van der Waals surface area contributed by atoms with Crippen LogP contribution in [0.3, 0.4) is 0 Å². The standard InChI is InChI=1S/C14H15ClN2O2.ClH/c15-13-3-1-2-4-14(13)19-10-9-18-12-7-5-11(17-16)6-8-12;/h1-8,17H,9-10,16H2;1H. The molecule has 0 saturated heterocycles. The van der Waals surface area contributed by atoms with Gasteiger partial charge in [0, 0.05) is 5.69 Å². The zero-order valence-electron chi connectivity index (χ0n) is 10.7. The summed E-state index contributed by atoms with van der Waals surface area (Å²) in [6.07, 6.45) is 0. The number of benzene rings is 2. The SMILES string of the molecule is Cl.NNc1ccc(OCCOc2ccccc2Cl)cc1. The van der Waals surface area contributed by atoms with Gasteiger partial charge in [-0.1, -0.05) is 23.7 Å². The van der Waals surface area contributed by atoms with Crippen molar-refractivity contribution < 1.29 is 9.47 Å². The second kappa shape index (κ2) is 8.53.